The Balaban J connectivity index is 1.35. The van der Waals surface area contributed by atoms with E-state index in [1.54, 1.807) is 17.0 Å². The Morgan fingerprint density at radius 1 is 1.03 bits per heavy atom. The number of rotatable bonds is 5. The minimum absolute atomic E-state index is 0.0377. The lowest BCUT2D eigenvalue weighted by atomic mass is 10.2. The second-order valence-corrected chi connectivity index (χ2v) is 7.64. The molecule has 1 aromatic carbocycles. The number of piperazine rings is 1. The summed E-state index contributed by atoms with van der Waals surface area (Å²) in [4.78, 5) is 17.6. The number of hydrogen-bond acceptors (Lipinski definition) is 6. The van der Waals surface area contributed by atoms with Gasteiger partial charge in [0.15, 0.2) is 11.5 Å². The van der Waals surface area contributed by atoms with E-state index >= 15 is 0 Å². The standard InChI is InChI=1S/C23H23N5O3/c1-17-14-19(31-25-17)16-26-9-11-27(12-10-26)23(29)21-15-20(22-8-5-13-30-22)24-28(21)18-6-3-2-4-7-18/h2-8,13-15H,9-12,16H2,1H3. The van der Waals surface area contributed by atoms with Crippen LogP contribution in [-0.4, -0.2) is 56.8 Å². The first-order chi connectivity index (χ1) is 15.2. The summed E-state index contributed by atoms with van der Waals surface area (Å²) in [5, 5.41) is 8.60. The van der Waals surface area contributed by atoms with Gasteiger partial charge in [0.2, 0.25) is 0 Å². The van der Waals surface area contributed by atoms with E-state index < -0.39 is 0 Å². The van der Waals surface area contributed by atoms with Crippen LogP contribution >= 0.6 is 0 Å². The quantitative estimate of drug-likeness (QED) is 0.495. The van der Waals surface area contributed by atoms with Gasteiger partial charge in [-0.05, 0) is 31.2 Å². The van der Waals surface area contributed by atoms with E-state index in [0.29, 0.717) is 36.8 Å². The number of carbonyl (C=O) groups excluding carboxylic acids is 1. The maximum atomic E-state index is 13.4. The Morgan fingerprint density at radius 2 is 1.84 bits per heavy atom. The molecule has 0 N–H and O–H groups in total. The Morgan fingerprint density at radius 3 is 2.52 bits per heavy atom. The van der Waals surface area contributed by atoms with Crippen LogP contribution in [0.2, 0.25) is 0 Å². The third-order valence-corrected chi connectivity index (χ3v) is 5.42. The van der Waals surface area contributed by atoms with E-state index in [1.165, 1.54) is 0 Å². The average molecular weight is 417 g/mol. The Kier molecular flexibility index (Phi) is 5.13. The van der Waals surface area contributed by atoms with Crippen molar-refractivity contribution in [3.63, 3.8) is 0 Å². The van der Waals surface area contributed by atoms with E-state index in [9.17, 15) is 4.79 Å². The van der Waals surface area contributed by atoms with Gasteiger partial charge in [-0.25, -0.2) is 4.68 Å². The van der Waals surface area contributed by atoms with Gasteiger partial charge in [-0.15, -0.1) is 0 Å². The maximum absolute atomic E-state index is 13.4. The second kappa shape index (κ2) is 8.23. The van der Waals surface area contributed by atoms with E-state index in [4.69, 9.17) is 8.94 Å². The molecule has 1 fully saturated rings. The van der Waals surface area contributed by atoms with Gasteiger partial charge in [0.05, 0.1) is 24.2 Å². The zero-order valence-electron chi connectivity index (χ0n) is 17.3. The lowest BCUT2D eigenvalue weighted by Crippen LogP contribution is -2.48. The molecule has 0 atom stereocenters. The van der Waals surface area contributed by atoms with Crippen LogP contribution in [0.4, 0.5) is 0 Å². The molecular weight excluding hydrogens is 394 g/mol. The van der Waals surface area contributed by atoms with Crippen molar-refractivity contribution in [1.29, 1.82) is 0 Å². The monoisotopic (exact) mass is 417 g/mol. The molecule has 5 rings (SSSR count). The highest BCUT2D eigenvalue weighted by atomic mass is 16.5. The SMILES string of the molecule is Cc1cc(CN2CCN(C(=O)c3cc(-c4ccco4)nn3-c3ccccc3)CC2)on1. The van der Waals surface area contributed by atoms with Gasteiger partial charge < -0.3 is 13.8 Å². The van der Waals surface area contributed by atoms with Crippen molar-refractivity contribution < 1.29 is 13.7 Å². The smallest absolute Gasteiger partial charge is 0.272 e. The molecule has 4 aromatic rings. The predicted molar refractivity (Wildman–Crippen MR) is 114 cm³/mol. The summed E-state index contributed by atoms with van der Waals surface area (Å²) in [5.41, 5.74) is 2.88. The number of benzene rings is 1. The Hall–Kier alpha value is -3.65. The lowest BCUT2D eigenvalue weighted by Gasteiger charge is -2.34. The minimum Gasteiger partial charge on any atom is -0.463 e. The van der Waals surface area contributed by atoms with E-state index in [0.717, 1.165) is 30.2 Å². The minimum atomic E-state index is -0.0377. The molecule has 3 aromatic heterocycles. The molecule has 0 bridgehead atoms. The van der Waals surface area contributed by atoms with Crippen LogP contribution in [-0.2, 0) is 6.54 Å². The largest absolute Gasteiger partial charge is 0.463 e. The van der Waals surface area contributed by atoms with Gasteiger partial charge in [-0.1, -0.05) is 23.4 Å². The first kappa shape index (κ1) is 19.3. The van der Waals surface area contributed by atoms with Crippen LogP contribution < -0.4 is 0 Å². The van der Waals surface area contributed by atoms with Gasteiger partial charge in [-0.2, -0.15) is 5.10 Å². The van der Waals surface area contributed by atoms with E-state index in [2.05, 4.69) is 15.2 Å². The van der Waals surface area contributed by atoms with E-state index in [-0.39, 0.29) is 5.91 Å². The zero-order chi connectivity index (χ0) is 21.2. The highest BCUT2D eigenvalue weighted by molar-refractivity contribution is 5.94. The van der Waals surface area contributed by atoms with Gasteiger partial charge in [0.25, 0.3) is 5.91 Å². The van der Waals surface area contributed by atoms with E-state index in [1.807, 2.05) is 60.4 Å². The van der Waals surface area contributed by atoms with Gasteiger partial charge in [0, 0.05) is 38.3 Å². The molecule has 1 aliphatic heterocycles. The Labute approximate surface area is 179 Å². The average Bonchev–Trinajstić information content (AvgIpc) is 3.55. The van der Waals surface area contributed by atoms with Crippen molar-refractivity contribution in [3.8, 4) is 17.1 Å². The molecule has 31 heavy (non-hydrogen) atoms. The predicted octanol–water partition coefficient (Wildman–Crippen LogP) is 3.39. The number of nitrogens with zero attached hydrogens (tertiary/aromatic N) is 5. The molecule has 1 aliphatic rings. The molecule has 1 saturated heterocycles. The van der Waals surface area contributed by atoms with Gasteiger partial charge in [0.1, 0.15) is 11.4 Å². The summed E-state index contributed by atoms with van der Waals surface area (Å²) >= 11 is 0. The summed E-state index contributed by atoms with van der Waals surface area (Å²) in [5.74, 6) is 1.45. The number of hydrogen-bond donors (Lipinski definition) is 0. The molecule has 0 saturated carbocycles. The number of amides is 1. The summed E-state index contributed by atoms with van der Waals surface area (Å²) in [6.07, 6.45) is 1.60. The summed E-state index contributed by atoms with van der Waals surface area (Å²) in [6, 6.07) is 17.1. The molecule has 0 spiro atoms. The van der Waals surface area contributed by atoms with Crippen LogP contribution in [0.15, 0.2) is 69.8 Å². The van der Waals surface area contributed by atoms with Crippen LogP contribution in [0.5, 0.6) is 0 Å². The molecule has 0 aliphatic carbocycles. The van der Waals surface area contributed by atoms with Crippen molar-refractivity contribution in [1.82, 2.24) is 24.7 Å². The fourth-order valence-electron chi connectivity index (χ4n) is 3.83. The highest BCUT2D eigenvalue weighted by Crippen LogP contribution is 2.23. The normalized spacial score (nSPS) is 14.8. The highest BCUT2D eigenvalue weighted by Gasteiger charge is 2.27. The van der Waals surface area contributed by atoms with Crippen molar-refractivity contribution in [2.24, 2.45) is 0 Å². The third-order valence-electron chi connectivity index (χ3n) is 5.42. The topological polar surface area (TPSA) is 80.5 Å². The van der Waals surface area contributed by atoms with Crippen LogP contribution in [0, 0.1) is 6.92 Å². The van der Waals surface area contributed by atoms with Crippen LogP contribution in [0.1, 0.15) is 21.9 Å². The molecule has 1 amide bonds. The molecule has 0 unspecified atom stereocenters. The number of carbonyl (C=O) groups is 1. The van der Waals surface area contributed by atoms with Crippen molar-refractivity contribution in [2.45, 2.75) is 13.5 Å². The van der Waals surface area contributed by atoms with Crippen molar-refractivity contribution in [2.75, 3.05) is 26.2 Å². The fraction of sp³-hybridized carbons (Fsp3) is 0.261. The first-order valence-corrected chi connectivity index (χ1v) is 10.3. The number of furan rings is 1. The van der Waals surface area contributed by atoms with Gasteiger partial charge in [-0.3, -0.25) is 9.69 Å². The zero-order valence-corrected chi connectivity index (χ0v) is 17.3. The summed E-state index contributed by atoms with van der Waals surface area (Å²) < 4.78 is 12.5. The maximum Gasteiger partial charge on any atom is 0.272 e. The number of para-hydroxylation sites is 1. The first-order valence-electron chi connectivity index (χ1n) is 10.3. The summed E-state index contributed by atoms with van der Waals surface area (Å²) in [7, 11) is 0. The van der Waals surface area contributed by atoms with Crippen LogP contribution in [0.25, 0.3) is 17.1 Å². The summed E-state index contributed by atoms with van der Waals surface area (Å²) in [6.45, 7) is 5.44. The van der Waals surface area contributed by atoms with Crippen LogP contribution in [0.3, 0.4) is 0 Å². The van der Waals surface area contributed by atoms with Gasteiger partial charge >= 0.3 is 0 Å². The molecule has 158 valence electrons. The molecule has 4 heterocycles. The third kappa shape index (κ3) is 4.02. The number of aromatic nitrogens is 3. The Bertz CT molecular complexity index is 1160. The second-order valence-electron chi connectivity index (χ2n) is 7.64. The van der Waals surface area contributed by atoms with Crippen molar-refractivity contribution >= 4 is 5.91 Å². The molecule has 8 heteroatoms. The number of aryl methyl sites for hydroxylation is 1. The molecule has 0 radical (unpaired) electrons. The molecular formula is C23H23N5O3. The lowest BCUT2D eigenvalue weighted by molar-refractivity contribution is 0.0608. The van der Waals surface area contributed by atoms with Crippen molar-refractivity contribution in [3.05, 3.63) is 78.0 Å². The fourth-order valence-corrected chi connectivity index (χ4v) is 3.83. The molecule has 8 nitrogen and oxygen atoms in total.